The maximum Gasteiger partial charge on any atom is 0.327 e. The van der Waals surface area contributed by atoms with E-state index >= 15 is 0 Å². The van der Waals surface area contributed by atoms with Crippen LogP contribution in [-0.4, -0.2) is 11.1 Å². The van der Waals surface area contributed by atoms with Crippen LogP contribution < -0.4 is 0 Å². The van der Waals surface area contributed by atoms with Crippen LogP contribution in [-0.2, 0) is 9.53 Å². The highest BCUT2D eigenvalue weighted by atomic mass is 35.5. The highest BCUT2D eigenvalue weighted by molar-refractivity contribution is 6.25. The Morgan fingerprint density at radius 1 is 1.33 bits per heavy atom. The molecule has 0 aromatic rings. The molecule has 0 aromatic heterocycles. The van der Waals surface area contributed by atoms with Gasteiger partial charge in [0.15, 0.2) is 0 Å². The first-order valence-electron chi connectivity index (χ1n) is 2.70. The number of carbonyl (C=O) groups is 1. The molecule has 12 heavy (non-hydrogen) atoms. The molecule has 0 amide bonds. The normalized spacial score (nSPS) is 9.17. The summed E-state index contributed by atoms with van der Waals surface area (Å²) in [6, 6.07) is 0. The molecule has 0 bridgehead atoms. The predicted molar refractivity (Wildman–Crippen MR) is 48.9 cm³/mol. The minimum Gasteiger partial charge on any atom is -0.478 e. The number of hydrogen-bond donors (Lipinski definition) is 1. The van der Waals surface area contributed by atoms with Gasteiger partial charge in [-0.05, 0) is 0 Å². The first-order valence-corrected chi connectivity index (χ1v) is 3.57. The molecule has 0 rings (SSSR count). The van der Waals surface area contributed by atoms with Gasteiger partial charge in [-0.25, -0.2) is 4.79 Å². The molecule has 0 radical (unpaired) electrons. The first-order chi connectivity index (χ1) is 5.68. The molecule has 0 saturated carbocycles. The fourth-order valence-electron chi connectivity index (χ4n) is 0.105. The number of carboxylic acid groups (broad SMARTS) is 1. The summed E-state index contributed by atoms with van der Waals surface area (Å²) in [5, 5.41) is 7.60. The zero-order valence-electron chi connectivity index (χ0n) is 6.11. The van der Waals surface area contributed by atoms with E-state index in [1.807, 2.05) is 0 Å². The van der Waals surface area contributed by atoms with Crippen LogP contribution in [0.4, 0.5) is 0 Å². The molecule has 0 spiro atoms. The van der Waals surface area contributed by atoms with Gasteiger partial charge < -0.3 is 9.84 Å². The van der Waals surface area contributed by atoms with Crippen LogP contribution in [0, 0.1) is 0 Å². The third-order valence-corrected chi connectivity index (χ3v) is 0.640. The van der Waals surface area contributed by atoms with E-state index in [0.717, 1.165) is 6.08 Å². The molecule has 0 unspecified atom stereocenters. The van der Waals surface area contributed by atoms with Crippen LogP contribution in [0.2, 0.25) is 0 Å². The van der Waals surface area contributed by atoms with Crippen molar-refractivity contribution in [2.45, 2.75) is 0 Å². The third-order valence-electron chi connectivity index (χ3n) is 0.435. The Morgan fingerprint density at radius 2 is 1.67 bits per heavy atom. The highest BCUT2D eigenvalue weighted by Crippen LogP contribution is 1.84. The lowest BCUT2D eigenvalue weighted by Crippen LogP contribution is -1.82. The molecule has 0 heterocycles. The van der Waals surface area contributed by atoms with Gasteiger partial charge in [0, 0.05) is 17.1 Å². The van der Waals surface area contributed by atoms with Gasteiger partial charge in [0.1, 0.15) is 12.5 Å². The highest BCUT2D eigenvalue weighted by Gasteiger charge is 1.73. The van der Waals surface area contributed by atoms with Crippen LogP contribution in [0.15, 0.2) is 36.2 Å². The summed E-state index contributed by atoms with van der Waals surface area (Å²) in [7, 11) is 0. The van der Waals surface area contributed by atoms with Crippen molar-refractivity contribution < 1.29 is 14.6 Å². The quantitative estimate of drug-likeness (QED) is 0.576. The van der Waals surface area contributed by atoms with E-state index in [2.05, 4.69) is 11.3 Å². The molecule has 0 fully saturated rings. The summed E-state index contributed by atoms with van der Waals surface area (Å²) in [6.07, 6.45) is 3.45. The summed E-state index contributed by atoms with van der Waals surface area (Å²) >= 11 is 10.1. The average molecular weight is 211 g/mol. The maximum absolute atomic E-state index is 9.25. The lowest BCUT2D eigenvalue weighted by Gasteiger charge is -1.80. The van der Waals surface area contributed by atoms with Crippen LogP contribution in [0.5, 0.6) is 0 Å². The van der Waals surface area contributed by atoms with E-state index in [9.17, 15) is 4.79 Å². The number of carboxylic acids is 1. The fraction of sp³-hybridized carbons (Fsp3) is 0. The molecule has 0 aromatic carbocycles. The van der Waals surface area contributed by atoms with Gasteiger partial charge in [-0.2, -0.15) is 0 Å². The smallest absolute Gasteiger partial charge is 0.327 e. The Kier molecular flexibility index (Phi) is 14.5. The minimum absolute atomic E-state index is 0.833. The molecular formula is C7H8Cl2O3. The summed E-state index contributed by atoms with van der Waals surface area (Å²) in [6.45, 7) is 2.96. The summed E-state index contributed by atoms with van der Waals surface area (Å²) in [5.74, 6) is -0.981. The van der Waals surface area contributed by atoms with Crippen molar-refractivity contribution >= 4 is 29.2 Å². The average Bonchev–Trinajstić information content (AvgIpc) is 2.07. The Balaban J connectivity index is 0. The Labute approximate surface area is 80.5 Å². The van der Waals surface area contributed by atoms with Crippen LogP contribution >= 0.6 is 23.2 Å². The molecule has 0 atom stereocenters. The number of halogens is 2. The number of rotatable bonds is 3. The van der Waals surface area contributed by atoms with Crippen molar-refractivity contribution in [1.29, 1.82) is 0 Å². The van der Waals surface area contributed by atoms with Gasteiger partial charge in [-0.3, -0.25) is 0 Å². The lowest BCUT2D eigenvalue weighted by molar-refractivity contribution is -0.131. The lowest BCUT2D eigenvalue weighted by atomic mass is 10.7. The zero-order chi connectivity index (χ0) is 9.82. The standard InChI is InChI=1S/C4H4Cl2O.C3H4O2/c5-1-3-7-4-2-6;1-2-3(4)5/h1-4H;2H,1H2,(H,4,5). The molecular weight excluding hydrogens is 203 g/mol. The van der Waals surface area contributed by atoms with E-state index in [1.165, 1.54) is 23.6 Å². The van der Waals surface area contributed by atoms with Crippen molar-refractivity contribution in [2.75, 3.05) is 0 Å². The topological polar surface area (TPSA) is 46.5 Å². The molecule has 68 valence electrons. The minimum atomic E-state index is -0.981. The van der Waals surface area contributed by atoms with Gasteiger partial charge >= 0.3 is 5.97 Å². The Bertz CT molecular complexity index is 165. The SMILES string of the molecule is C=CC(=O)O.ClC=COC=CCl. The molecule has 0 aliphatic rings. The van der Waals surface area contributed by atoms with E-state index in [4.69, 9.17) is 28.3 Å². The molecule has 1 N–H and O–H groups in total. The number of hydrogen-bond acceptors (Lipinski definition) is 2. The fourth-order valence-corrected chi connectivity index (χ4v) is 0.224. The summed E-state index contributed by atoms with van der Waals surface area (Å²) in [5.41, 5.74) is 2.49. The van der Waals surface area contributed by atoms with Crippen molar-refractivity contribution in [3.63, 3.8) is 0 Å². The van der Waals surface area contributed by atoms with Crippen LogP contribution in [0.3, 0.4) is 0 Å². The van der Waals surface area contributed by atoms with Crippen molar-refractivity contribution in [3.05, 3.63) is 36.2 Å². The number of ether oxygens (including phenoxy) is 1. The van der Waals surface area contributed by atoms with E-state index in [-0.39, 0.29) is 0 Å². The zero-order valence-corrected chi connectivity index (χ0v) is 7.63. The molecule has 0 saturated heterocycles. The second-order valence-corrected chi connectivity index (χ2v) is 1.71. The van der Waals surface area contributed by atoms with Gasteiger partial charge in [-0.15, -0.1) is 0 Å². The first kappa shape index (κ1) is 13.6. The second-order valence-electron chi connectivity index (χ2n) is 1.20. The monoisotopic (exact) mass is 210 g/mol. The predicted octanol–water partition coefficient (Wildman–Crippen LogP) is 2.68. The van der Waals surface area contributed by atoms with Gasteiger partial charge in [0.05, 0.1) is 0 Å². The largest absolute Gasteiger partial charge is 0.478 e. The molecule has 3 nitrogen and oxygen atoms in total. The van der Waals surface area contributed by atoms with Crippen LogP contribution in [0.1, 0.15) is 0 Å². The van der Waals surface area contributed by atoms with Gasteiger partial charge in [0.25, 0.3) is 0 Å². The summed E-state index contributed by atoms with van der Waals surface area (Å²) in [4.78, 5) is 9.25. The number of aliphatic carboxylic acids is 1. The third kappa shape index (κ3) is 23.0. The second kappa shape index (κ2) is 12.7. The van der Waals surface area contributed by atoms with E-state index in [1.54, 1.807) is 0 Å². The van der Waals surface area contributed by atoms with Crippen molar-refractivity contribution in [2.24, 2.45) is 0 Å². The Morgan fingerprint density at radius 3 is 1.83 bits per heavy atom. The van der Waals surface area contributed by atoms with Gasteiger partial charge in [-0.1, -0.05) is 29.8 Å². The van der Waals surface area contributed by atoms with E-state index < -0.39 is 5.97 Å². The molecule has 5 heteroatoms. The molecule has 0 aliphatic carbocycles. The molecule has 0 aliphatic heterocycles. The Hall–Kier alpha value is -0.930. The van der Waals surface area contributed by atoms with Crippen molar-refractivity contribution in [1.82, 2.24) is 0 Å². The van der Waals surface area contributed by atoms with Crippen LogP contribution in [0.25, 0.3) is 0 Å². The van der Waals surface area contributed by atoms with Gasteiger partial charge in [0.2, 0.25) is 0 Å². The van der Waals surface area contributed by atoms with E-state index in [0.29, 0.717) is 0 Å². The maximum atomic E-state index is 9.25. The van der Waals surface area contributed by atoms with Crippen molar-refractivity contribution in [3.8, 4) is 0 Å². The summed E-state index contributed by atoms with van der Waals surface area (Å²) < 4.78 is 4.51.